The number of nitrogens with one attached hydrogen (secondary N) is 3. The monoisotopic (exact) mass is 394 g/mol. The number of piperidine rings is 1. The molecule has 1 aromatic carbocycles. The summed E-state index contributed by atoms with van der Waals surface area (Å²) < 4.78 is 0. The van der Waals surface area contributed by atoms with Gasteiger partial charge in [0.2, 0.25) is 11.8 Å². The Morgan fingerprint density at radius 3 is 2.52 bits per heavy atom. The first kappa shape index (κ1) is 21.2. The Balaban J connectivity index is 0.00000261. The fourth-order valence-corrected chi connectivity index (χ4v) is 3.96. The first-order chi connectivity index (χ1) is 12.5. The lowest BCUT2D eigenvalue weighted by atomic mass is 9.89. The van der Waals surface area contributed by atoms with E-state index in [1.165, 1.54) is 12.8 Å². The number of nitrogens with two attached hydrogens (primary N) is 1. The van der Waals surface area contributed by atoms with E-state index in [-0.39, 0.29) is 37.2 Å². The van der Waals surface area contributed by atoms with Gasteiger partial charge in [-0.3, -0.25) is 14.4 Å². The zero-order valence-electron chi connectivity index (χ0n) is 15.2. The third kappa shape index (κ3) is 6.22. The fraction of sp³-hybridized carbons (Fsp3) is 0.526. The second kappa shape index (κ2) is 9.71. The maximum atomic E-state index is 12.4. The smallest absolute Gasteiger partial charge is 0.251 e. The molecule has 0 saturated carbocycles. The lowest BCUT2D eigenvalue weighted by Gasteiger charge is -2.28. The number of amides is 3. The van der Waals surface area contributed by atoms with Gasteiger partial charge in [0, 0.05) is 42.7 Å². The summed E-state index contributed by atoms with van der Waals surface area (Å²) in [5.41, 5.74) is 6.10. The summed E-state index contributed by atoms with van der Waals surface area (Å²) in [4.78, 5) is 35.2. The lowest BCUT2D eigenvalue weighted by Crippen LogP contribution is -2.39. The van der Waals surface area contributed by atoms with Crippen LogP contribution < -0.4 is 21.7 Å². The summed E-state index contributed by atoms with van der Waals surface area (Å²) in [6.45, 7) is 0.197. The minimum absolute atomic E-state index is 0. The summed E-state index contributed by atoms with van der Waals surface area (Å²) in [7, 11) is 0. The van der Waals surface area contributed by atoms with E-state index in [4.69, 9.17) is 5.73 Å². The molecule has 3 amide bonds. The average Bonchev–Trinajstić information content (AvgIpc) is 2.93. The molecule has 148 valence electrons. The quantitative estimate of drug-likeness (QED) is 0.562. The summed E-state index contributed by atoms with van der Waals surface area (Å²) in [5, 5.41) is 9.11. The number of hydrogen-bond acceptors (Lipinski definition) is 4. The van der Waals surface area contributed by atoms with Crippen LogP contribution in [0.15, 0.2) is 24.3 Å². The van der Waals surface area contributed by atoms with Gasteiger partial charge in [-0.25, -0.2) is 0 Å². The third-order valence-electron chi connectivity index (χ3n) is 5.11. The van der Waals surface area contributed by atoms with Crippen LogP contribution in [0.1, 0.15) is 48.9 Å². The second-order valence-corrected chi connectivity index (χ2v) is 7.28. The molecule has 2 fully saturated rings. The molecular weight excluding hydrogens is 368 g/mol. The van der Waals surface area contributed by atoms with Crippen LogP contribution in [-0.2, 0) is 9.59 Å². The number of halogens is 1. The number of hydrogen-bond donors (Lipinski definition) is 4. The van der Waals surface area contributed by atoms with Crippen LogP contribution in [-0.4, -0.2) is 36.3 Å². The van der Waals surface area contributed by atoms with Crippen LogP contribution in [0.4, 0.5) is 5.69 Å². The molecule has 2 bridgehead atoms. The van der Waals surface area contributed by atoms with Crippen LogP contribution in [0.2, 0.25) is 0 Å². The normalized spacial score (nSPS) is 23.2. The molecule has 7 nitrogen and oxygen atoms in total. The molecule has 8 heteroatoms. The molecule has 2 unspecified atom stereocenters. The van der Waals surface area contributed by atoms with Crippen molar-refractivity contribution in [1.82, 2.24) is 10.6 Å². The first-order valence-corrected chi connectivity index (χ1v) is 9.22. The highest BCUT2D eigenvalue weighted by atomic mass is 35.5. The van der Waals surface area contributed by atoms with Crippen molar-refractivity contribution in [3.63, 3.8) is 0 Å². The van der Waals surface area contributed by atoms with E-state index in [1.54, 1.807) is 24.3 Å². The van der Waals surface area contributed by atoms with Gasteiger partial charge < -0.3 is 21.7 Å². The van der Waals surface area contributed by atoms with Gasteiger partial charge in [-0.15, -0.1) is 12.4 Å². The minimum Gasteiger partial charge on any atom is -0.370 e. The van der Waals surface area contributed by atoms with Gasteiger partial charge in [0.25, 0.3) is 5.91 Å². The van der Waals surface area contributed by atoms with Gasteiger partial charge >= 0.3 is 0 Å². The van der Waals surface area contributed by atoms with Gasteiger partial charge in [0.15, 0.2) is 0 Å². The minimum atomic E-state index is -0.460. The van der Waals surface area contributed by atoms with E-state index in [0.717, 1.165) is 12.8 Å². The fourth-order valence-electron chi connectivity index (χ4n) is 3.96. The van der Waals surface area contributed by atoms with Crippen LogP contribution >= 0.6 is 12.4 Å². The molecule has 2 heterocycles. The van der Waals surface area contributed by atoms with Gasteiger partial charge in [0.1, 0.15) is 0 Å². The number of rotatable bonds is 7. The Bertz CT molecular complexity index is 685. The molecule has 1 aromatic rings. The van der Waals surface area contributed by atoms with E-state index in [1.807, 2.05) is 0 Å². The number of benzene rings is 1. The third-order valence-corrected chi connectivity index (χ3v) is 5.11. The molecule has 2 aliphatic heterocycles. The standard InChI is InChI=1S/C19H26N4O3.ClH/c20-17(24)6-7-21-19(26)13-2-1-3-14(11-13)23-18(25)10-12-8-15-4-5-16(9-12)22-15;/h1-3,11-12,15-16,22H,4-10H2,(H2,20,24)(H,21,26)(H,23,25);1H. The Hall–Kier alpha value is -2.12. The van der Waals surface area contributed by atoms with Crippen LogP contribution in [0.25, 0.3) is 0 Å². The molecule has 2 aliphatic rings. The van der Waals surface area contributed by atoms with E-state index < -0.39 is 5.91 Å². The van der Waals surface area contributed by atoms with Crippen molar-refractivity contribution < 1.29 is 14.4 Å². The highest BCUT2D eigenvalue weighted by Crippen LogP contribution is 2.32. The SMILES string of the molecule is Cl.NC(=O)CCNC(=O)c1cccc(NC(=O)CC2CC3CCC(C2)N3)c1. The number of fused-ring (bicyclic) bond motifs is 2. The van der Waals surface area contributed by atoms with Gasteiger partial charge in [0.05, 0.1) is 0 Å². The summed E-state index contributed by atoms with van der Waals surface area (Å²) in [6.07, 6.45) is 5.17. The average molecular weight is 395 g/mol. The number of carbonyl (C=O) groups excluding carboxylic acids is 3. The molecule has 27 heavy (non-hydrogen) atoms. The molecule has 2 saturated heterocycles. The molecule has 0 aromatic heterocycles. The highest BCUT2D eigenvalue weighted by Gasteiger charge is 2.34. The van der Waals surface area contributed by atoms with Crippen molar-refractivity contribution in [2.75, 3.05) is 11.9 Å². The predicted octanol–water partition coefficient (Wildman–Crippen LogP) is 1.57. The maximum Gasteiger partial charge on any atom is 0.251 e. The summed E-state index contributed by atoms with van der Waals surface area (Å²) in [6, 6.07) is 7.94. The van der Waals surface area contributed by atoms with E-state index >= 15 is 0 Å². The van der Waals surface area contributed by atoms with Crippen molar-refractivity contribution >= 4 is 35.8 Å². The second-order valence-electron chi connectivity index (χ2n) is 7.28. The van der Waals surface area contributed by atoms with Crippen LogP contribution in [0.5, 0.6) is 0 Å². The van der Waals surface area contributed by atoms with Gasteiger partial charge in [-0.05, 0) is 49.8 Å². The summed E-state index contributed by atoms with van der Waals surface area (Å²) in [5.74, 6) is -0.341. The van der Waals surface area contributed by atoms with Crippen LogP contribution in [0.3, 0.4) is 0 Å². The van der Waals surface area contributed by atoms with Gasteiger partial charge in [-0.1, -0.05) is 6.07 Å². The molecular formula is C19H27ClN4O3. The largest absolute Gasteiger partial charge is 0.370 e. The first-order valence-electron chi connectivity index (χ1n) is 9.22. The highest BCUT2D eigenvalue weighted by molar-refractivity contribution is 5.97. The van der Waals surface area contributed by atoms with E-state index in [9.17, 15) is 14.4 Å². The van der Waals surface area contributed by atoms with Crippen molar-refractivity contribution in [2.24, 2.45) is 11.7 Å². The molecule has 0 radical (unpaired) electrons. The lowest BCUT2D eigenvalue weighted by molar-refractivity contribution is -0.118. The Kier molecular flexibility index (Phi) is 7.62. The van der Waals surface area contributed by atoms with E-state index in [2.05, 4.69) is 16.0 Å². The van der Waals surface area contributed by atoms with Crippen molar-refractivity contribution in [3.05, 3.63) is 29.8 Å². The van der Waals surface area contributed by atoms with Gasteiger partial charge in [-0.2, -0.15) is 0 Å². The zero-order chi connectivity index (χ0) is 18.5. The predicted molar refractivity (Wildman–Crippen MR) is 106 cm³/mol. The maximum absolute atomic E-state index is 12.4. The zero-order valence-corrected chi connectivity index (χ0v) is 16.0. The number of primary amides is 1. The molecule has 0 spiro atoms. The molecule has 2 atom stereocenters. The van der Waals surface area contributed by atoms with Crippen molar-refractivity contribution in [3.8, 4) is 0 Å². The van der Waals surface area contributed by atoms with Crippen molar-refractivity contribution in [2.45, 2.75) is 50.6 Å². The Labute approximate surface area is 165 Å². The Morgan fingerprint density at radius 1 is 1.15 bits per heavy atom. The van der Waals surface area contributed by atoms with Crippen LogP contribution in [0, 0.1) is 5.92 Å². The van der Waals surface area contributed by atoms with Crippen molar-refractivity contribution in [1.29, 1.82) is 0 Å². The topological polar surface area (TPSA) is 113 Å². The molecule has 0 aliphatic carbocycles. The Morgan fingerprint density at radius 2 is 1.85 bits per heavy atom. The molecule has 5 N–H and O–H groups in total. The summed E-state index contributed by atoms with van der Waals surface area (Å²) >= 11 is 0. The number of anilines is 1. The number of carbonyl (C=O) groups is 3. The molecule has 3 rings (SSSR count). The van der Waals surface area contributed by atoms with E-state index in [0.29, 0.717) is 35.7 Å².